The summed E-state index contributed by atoms with van der Waals surface area (Å²) in [4.78, 5) is 11.5. The van der Waals surface area contributed by atoms with E-state index in [2.05, 4.69) is 6.92 Å². The van der Waals surface area contributed by atoms with E-state index in [1.54, 1.807) is 27.2 Å². The number of carbonyl (C=O) groups excluding carboxylic acids is 1. The van der Waals surface area contributed by atoms with Crippen LogP contribution in [0.5, 0.6) is 11.5 Å². The van der Waals surface area contributed by atoms with Gasteiger partial charge in [-0.25, -0.2) is 0 Å². The van der Waals surface area contributed by atoms with Gasteiger partial charge in [0.1, 0.15) is 11.5 Å². The number of hydrogen-bond donors (Lipinski definition) is 0. The molecule has 0 fully saturated rings. The molecule has 0 aliphatic heterocycles. The molecule has 1 aromatic rings. The summed E-state index contributed by atoms with van der Waals surface area (Å²) in [7, 11) is 3.20. The van der Waals surface area contributed by atoms with Crippen molar-refractivity contribution in [2.45, 2.75) is 33.1 Å². The summed E-state index contributed by atoms with van der Waals surface area (Å²) < 4.78 is 10.5. The van der Waals surface area contributed by atoms with Gasteiger partial charge in [0.15, 0.2) is 5.78 Å². The third-order valence-corrected chi connectivity index (χ3v) is 2.78. The SMILES string of the molecule is CCCCc1cc(C(C)=O)c(OC)cc1OC. The number of benzene rings is 1. The van der Waals surface area contributed by atoms with Crippen molar-refractivity contribution in [1.29, 1.82) is 0 Å². The first-order chi connectivity index (χ1) is 8.13. The first kappa shape index (κ1) is 13.6. The molecule has 0 aromatic heterocycles. The maximum absolute atomic E-state index is 11.5. The number of ketones is 1. The molecule has 3 heteroatoms. The summed E-state index contributed by atoms with van der Waals surface area (Å²) in [5, 5.41) is 0. The number of hydrogen-bond acceptors (Lipinski definition) is 3. The Morgan fingerprint density at radius 1 is 1.18 bits per heavy atom. The first-order valence-electron chi connectivity index (χ1n) is 5.89. The molecule has 0 unspecified atom stereocenters. The molecule has 0 saturated heterocycles. The van der Waals surface area contributed by atoms with Crippen molar-refractivity contribution < 1.29 is 14.3 Å². The van der Waals surface area contributed by atoms with Gasteiger partial charge in [-0.05, 0) is 31.4 Å². The molecule has 94 valence electrons. The molecule has 1 aromatic carbocycles. The lowest BCUT2D eigenvalue weighted by molar-refractivity contribution is 0.101. The van der Waals surface area contributed by atoms with Crippen molar-refractivity contribution in [3.05, 3.63) is 23.3 Å². The third-order valence-electron chi connectivity index (χ3n) is 2.78. The summed E-state index contributed by atoms with van der Waals surface area (Å²) in [6, 6.07) is 3.68. The normalized spacial score (nSPS) is 10.1. The molecule has 0 saturated carbocycles. The summed E-state index contributed by atoms with van der Waals surface area (Å²) in [5.41, 5.74) is 1.69. The van der Waals surface area contributed by atoms with Crippen LogP contribution in [0.3, 0.4) is 0 Å². The fourth-order valence-corrected chi connectivity index (χ4v) is 1.80. The quantitative estimate of drug-likeness (QED) is 0.711. The zero-order valence-corrected chi connectivity index (χ0v) is 11.0. The van der Waals surface area contributed by atoms with Crippen LogP contribution in [-0.4, -0.2) is 20.0 Å². The molecule has 0 amide bonds. The smallest absolute Gasteiger partial charge is 0.163 e. The van der Waals surface area contributed by atoms with Crippen LogP contribution in [0.2, 0.25) is 0 Å². The van der Waals surface area contributed by atoms with Crippen LogP contribution in [-0.2, 0) is 6.42 Å². The van der Waals surface area contributed by atoms with Crippen LogP contribution in [0.4, 0.5) is 0 Å². The van der Waals surface area contributed by atoms with Crippen LogP contribution < -0.4 is 9.47 Å². The van der Waals surface area contributed by atoms with Gasteiger partial charge in [0, 0.05) is 6.07 Å². The van der Waals surface area contributed by atoms with Gasteiger partial charge in [-0.3, -0.25) is 4.79 Å². The van der Waals surface area contributed by atoms with Gasteiger partial charge in [0.2, 0.25) is 0 Å². The summed E-state index contributed by atoms with van der Waals surface area (Å²) in [5.74, 6) is 1.39. The maximum atomic E-state index is 11.5. The average Bonchev–Trinajstić information content (AvgIpc) is 2.34. The first-order valence-corrected chi connectivity index (χ1v) is 5.89. The average molecular weight is 236 g/mol. The van der Waals surface area contributed by atoms with Gasteiger partial charge in [-0.2, -0.15) is 0 Å². The highest BCUT2D eigenvalue weighted by molar-refractivity contribution is 5.97. The fraction of sp³-hybridized carbons (Fsp3) is 0.500. The second-order valence-electron chi connectivity index (χ2n) is 4.02. The third kappa shape index (κ3) is 3.22. The van der Waals surface area contributed by atoms with Crippen LogP contribution in [0, 0.1) is 0 Å². The van der Waals surface area contributed by atoms with E-state index in [9.17, 15) is 4.79 Å². The van der Waals surface area contributed by atoms with Gasteiger partial charge >= 0.3 is 0 Å². The Morgan fingerprint density at radius 2 is 1.82 bits per heavy atom. The van der Waals surface area contributed by atoms with E-state index in [0.29, 0.717) is 11.3 Å². The number of methoxy groups -OCH3 is 2. The number of Topliss-reactive ketones (excluding diaryl/α,β-unsaturated/α-hetero) is 1. The van der Waals surface area contributed by atoms with E-state index < -0.39 is 0 Å². The van der Waals surface area contributed by atoms with Gasteiger partial charge in [0.05, 0.1) is 19.8 Å². The van der Waals surface area contributed by atoms with Crippen molar-refractivity contribution >= 4 is 5.78 Å². The largest absolute Gasteiger partial charge is 0.496 e. The molecule has 0 bridgehead atoms. The molecular weight excluding hydrogens is 216 g/mol. The molecule has 0 aliphatic carbocycles. The Hall–Kier alpha value is -1.51. The number of aryl methyl sites for hydroxylation is 1. The van der Waals surface area contributed by atoms with E-state index in [4.69, 9.17) is 9.47 Å². The molecule has 0 N–H and O–H groups in total. The monoisotopic (exact) mass is 236 g/mol. The Kier molecular flexibility index (Phi) is 5.01. The Labute approximate surface area is 103 Å². The van der Waals surface area contributed by atoms with Crippen LogP contribution in [0.1, 0.15) is 42.6 Å². The molecule has 0 spiro atoms. The molecule has 17 heavy (non-hydrogen) atoms. The van der Waals surface area contributed by atoms with Gasteiger partial charge in [-0.15, -0.1) is 0 Å². The minimum Gasteiger partial charge on any atom is -0.496 e. The molecule has 0 atom stereocenters. The Balaban J connectivity index is 3.18. The molecule has 0 heterocycles. The van der Waals surface area contributed by atoms with E-state index in [-0.39, 0.29) is 5.78 Å². The molecule has 0 radical (unpaired) electrons. The Morgan fingerprint density at radius 3 is 2.29 bits per heavy atom. The van der Waals surface area contributed by atoms with Gasteiger partial charge < -0.3 is 9.47 Å². The summed E-state index contributed by atoms with van der Waals surface area (Å²) in [6.45, 7) is 3.69. The minimum absolute atomic E-state index is 0.0160. The van der Waals surface area contributed by atoms with E-state index >= 15 is 0 Å². The van der Waals surface area contributed by atoms with Gasteiger partial charge in [0.25, 0.3) is 0 Å². The molecule has 0 aliphatic rings. The van der Waals surface area contributed by atoms with E-state index in [0.717, 1.165) is 30.6 Å². The number of ether oxygens (including phenoxy) is 2. The standard InChI is InChI=1S/C14H20O3/c1-5-6-7-11-8-12(10(2)15)14(17-4)9-13(11)16-3/h8-9H,5-7H2,1-4H3. The highest BCUT2D eigenvalue weighted by Crippen LogP contribution is 2.30. The second kappa shape index (κ2) is 6.28. The minimum atomic E-state index is 0.0160. The summed E-state index contributed by atoms with van der Waals surface area (Å²) in [6.07, 6.45) is 3.12. The highest BCUT2D eigenvalue weighted by Gasteiger charge is 2.13. The second-order valence-corrected chi connectivity index (χ2v) is 4.02. The van der Waals surface area contributed by atoms with Crippen molar-refractivity contribution in [3.63, 3.8) is 0 Å². The highest BCUT2D eigenvalue weighted by atomic mass is 16.5. The maximum Gasteiger partial charge on any atom is 0.163 e. The fourth-order valence-electron chi connectivity index (χ4n) is 1.80. The molecular formula is C14H20O3. The van der Waals surface area contributed by atoms with Crippen molar-refractivity contribution in [3.8, 4) is 11.5 Å². The lowest BCUT2D eigenvalue weighted by atomic mass is 10.0. The lowest BCUT2D eigenvalue weighted by Gasteiger charge is -2.13. The summed E-state index contributed by atoms with van der Waals surface area (Å²) >= 11 is 0. The Bertz CT molecular complexity index is 397. The van der Waals surface area contributed by atoms with Crippen LogP contribution in [0.25, 0.3) is 0 Å². The number of unbranched alkanes of at least 4 members (excludes halogenated alkanes) is 1. The van der Waals surface area contributed by atoms with E-state index in [1.807, 2.05) is 6.07 Å². The zero-order chi connectivity index (χ0) is 12.8. The number of rotatable bonds is 6. The topological polar surface area (TPSA) is 35.5 Å². The number of carbonyl (C=O) groups is 1. The lowest BCUT2D eigenvalue weighted by Crippen LogP contribution is -2.02. The van der Waals surface area contributed by atoms with Crippen LogP contribution in [0.15, 0.2) is 12.1 Å². The predicted molar refractivity (Wildman–Crippen MR) is 68.2 cm³/mol. The molecule has 3 nitrogen and oxygen atoms in total. The van der Waals surface area contributed by atoms with Crippen molar-refractivity contribution in [1.82, 2.24) is 0 Å². The van der Waals surface area contributed by atoms with E-state index in [1.165, 1.54) is 0 Å². The van der Waals surface area contributed by atoms with Crippen LogP contribution >= 0.6 is 0 Å². The zero-order valence-electron chi connectivity index (χ0n) is 11.0. The van der Waals surface area contributed by atoms with Crippen molar-refractivity contribution in [2.24, 2.45) is 0 Å². The molecule has 1 rings (SSSR count). The predicted octanol–water partition coefficient (Wildman–Crippen LogP) is 3.25. The van der Waals surface area contributed by atoms with Gasteiger partial charge in [-0.1, -0.05) is 13.3 Å². The van der Waals surface area contributed by atoms with Crippen molar-refractivity contribution in [2.75, 3.05) is 14.2 Å².